The fraction of sp³-hybridized carbons (Fsp3) is 0.462. The Kier molecular flexibility index (Phi) is 6.81. The van der Waals surface area contributed by atoms with Gasteiger partial charge in [0.25, 0.3) is 0 Å². The van der Waals surface area contributed by atoms with Crippen LogP contribution in [0.3, 0.4) is 0 Å². The zero-order chi connectivity index (χ0) is 14.1. The van der Waals surface area contributed by atoms with Crippen molar-refractivity contribution in [3.05, 3.63) is 35.1 Å². The number of esters is 1. The van der Waals surface area contributed by atoms with Gasteiger partial charge in [-0.1, -0.05) is 0 Å². The number of piperazine rings is 1. The number of anilines is 1. The molecule has 0 radical (unpaired) electrons. The molecule has 1 aromatic carbocycles. The van der Waals surface area contributed by atoms with Crippen molar-refractivity contribution >= 4 is 18.8 Å². The summed E-state index contributed by atoms with van der Waals surface area (Å²) in [5, 5.41) is 4.30. The first kappa shape index (κ1) is 15.4. The van der Waals surface area contributed by atoms with Crippen LogP contribution in [-0.4, -0.2) is 46.4 Å². The van der Waals surface area contributed by atoms with Crippen LogP contribution < -0.4 is 4.90 Å². The van der Waals surface area contributed by atoms with E-state index < -0.39 is 0 Å². The van der Waals surface area contributed by atoms with Gasteiger partial charge in [0.1, 0.15) is 0 Å². The van der Waals surface area contributed by atoms with E-state index in [-0.39, 0.29) is 5.97 Å². The minimum Gasteiger partial charge on any atom is -0.659 e. The third-order valence-corrected chi connectivity index (χ3v) is 2.71. The Balaban J connectivity index is 0.000000550. The van der Waals surface area contributed by atoms with E-state index in [4.69, 9.17) is 4.70 Å². The van der Waals surface area contributed by atoms with E-state index in [9.17, 15) is 4.79 Å². The van der Waals surface area contributed by atoms with Crippen molar-refractivity contribution in [3.63, 3.8) is 0 Å². The van der Waals surface area contributed by atoms with E-state index in [0.717, 1.165) is 39.0 Å². The van der Waals surface area contributed by atoms with Crippen LogP contribution in [0.25, 0.3) is 5.32 Å². The van der Waals surface area contributed by atoms with Crippen molar-refractivity contribution in [2.45, 2.75) is 6.82 Å². The molecule has 1 aliphatic rings. The standard InChI is InChI=1S/C12H15N2O2.CH3BO/c1-16-12(15)10-2-4-11(5-3-10)14-8-6-13-7-9-14;1-2-3/h2-5H,6-9H2,1H3;1H3/q-1;. The Bertz CT molecular complexity index is 403. The van der Waals surface area contributed by atoms with Gasteiger partial charge in [-0.05, 0) is 37.4 Å². The van der Waals surface area contributed by atoms with Gasteiger partial charge in [0, 0.05) is 5.69 Å². The molecule has 0 bridgehead atoms. The van der Waals surface area contributed by atoms with E-state index >= 15 is 0 Å². The Hall–Kier alpha value is -1.69. The average Bonchev–Trinajstić information content (AvgIpc) is 2.48. The number of nitrogens with zero attached hydrogens (tertiary/aromatic N) is 2. The first-order chi connectivity index (χ1) is 9.22. The zero-order valence-corrected chi connectivity index (χ0v) is 11.3. The number of carbonyl (C=O) groups excluding carboxylic acids is 1. The maximum Gasteiger partial charge on any atom is 0.337 e. The van der Waals surface area contributed by atoms with Crippen LogP contribution in [0.5, 0.6) is 0 Å². The number of rotatable bonds is 2. The van der Waals surface area contributed by atoms with Crippen molar-refractivity contribution in [1.29, 1.82) is 0 Å². The van der Waals surface area contributed by atoms with Crippen LogP contribution in [0.15, 0.2) is 24.3 Å². The fourth-order valence-electron chi connectivity index (χ4n) is 1.79. The normalized spacial score (nSPS) is 13.9. The molecule has 19 heavy (non-hydrogen) atoms. The predicted molar refractivity (Wildman–Crippen MR) is 75.4 cm³/mol. The molecular weight excluding hydrogens is 243 g/mol. The van der Waals surface area contributed by atoms with Gasteiger partial charge in [0.15, 0.2) is 0 Å². The van der Waals surface area contributed by atoms with Crippen LogP contribution in [0.2, 0.25) is 6.82 Å². The number of hydrogen-bond donors (Lipinski definition) is 0. The van der Waals surface area contributed by atoms with Gasteiger partial charge in [0.2, 0.25) is 0 Å². The molecule has 1 fully saturated rings. The number of hydrogen-bond acceptors (Lipinski definition) is 4. The van der Waals surface area contributed by atoms with Gasteiger partial charge < -0.3 is 15.0 Å². The molecule has 2 rings (SSSR count). The third kappa shape index (κ3) is 4.83. The van der Waals surface area contributed by atoms with E-state index in [1.807, 2.05) is 12.1 Å². The van der Waals surface area contributed by atoms with Crippen molar-refractivity contribution in [2.24, 2.45) is 0 Å². The van der Waals surface area contributed by atoms with E-state index in [1.165, 1.54) is 13.9 Å². The van der Waals surface area contributed by atoms with Crippen molar-refractivity contribution in [3.8, 4) is 0 Å². The molecule has 1 saturated heterocycles. The summed E-state index contributed by atoms with van der Waals surface area (Å²) in [5.74, 6) is -0.291. The first-order valence-electron chi connectivity index (χ1n) is 6.19. The molecule has 1 aliphatic heterocycles. The van der Waals surface area contributed by atoms with Gasteiger partial charge in [0.05, 0.1) is 12.7 Å². The second-order valence-electron chi connectivity index (χ2n) is 3.93. The summed E-state index contributed by atoms with van der Waals surface area (Å²) >= 11 is 0. The Morgan fingerprint density at radius 1 is 1.26 bits per heavy atom. The second-order valence-corrected chi connectivity index (χ2v) is 3.93. The molecule has 0 spiro atoms. The molecule has 0 aromatic heterocycles. The van der Waals surface area contributed by atoms with Crippen molar-refractivity contribution < 1.29 is 14.2 Å². The Morgan fingerprint density at radius 3 is 2.26 bits per heavy atom. The summed E-state index contributed by atoms with van der Waals surface area (Å²) in [6.45, 7) is 5.13. The zero-order valence-electron chi connectivity index (χ0n) is 11.3. The summed E-state index contributed by atoms with van der Waals surface area (Å²) < 4.78 is 13.5. The number of benzene rings is 1. The molecule has 0 amide bonds. The molecule has 102 valence electrons. The summed E-state index contributed by atoms with van der Waals surface area (Å²) in [6, 6.07) is 7.51. The number of methoxy groups -OCH3 is 1. The molecular formula is C13H18BN2O3-. The summed E-state index contributed by atoms with van der Waals surface area (Å²) in [4.78, 5) is 13.5. The van der Waals surface area contributed by atoms with E-state index in [1.54, 1.807) is 12.1 Å². The third-order valence-electron chi connectivity index (χ3n) is 2.71. The minimum atomic E-state index is -0.291. The largest absolute Gasteiger partial charge is 0.659 e. The quantitative estimate of drug-likeness (QED) is 0.601. The molecule has 0 saturated carbocycles. The van der Waals surface area contributed by atoms with Gasteiger partial charge in [-0.2, -0.15) is 0 Å². The second kappa shape index (κ2) is 8.42. The predicted octanol–water partition coefficient (Wildman–Crippen LogP) is 1.75. The Labute approximate surface area is 114 Å². The minimum absolute atomic E-state index is 0.291. The number of carbonyl (C=O) groups is 1. The molecule has 0 N–H and O–H groups in total. The topological polar surface area (TPSA) is 60.7 Å². The van der Waals surface area contributed by atoms with Crippen LogP contribution in [0, 0.1) is 0 Å². The maximum absolute atomic E-state index is 11.3. The van der Waals surface area contributed by atoms with Crippen LogP contribution in [0.1, 0.15) is 10.4 Å². The molecule has 0 atom stereocenters. The van der Waals surface area contributed by atoms with Gasteiger partial charge in [-0.25, -0.2) is 4.79 Å². The molecule has 6 heteroatoms. The molecule has 1 aromatic rings. The van der Waals surface area contributed by atoms with Gasteiger partial charge in [-0.15, -0.1) is 13.1 Å². The van der Waals surface area contributed by atoms with Crippen molar-refractivity contribution in [2.75, 3.05) is 38.2 Å². The Morgan fingerprint density at radius 2 is 1.79 bits per heavy atom. The number of ether oxygens (including phenoxy) is 1. The molecule has 5 nitrogen and oxygen atoms in total. The molecule has 0 aliphatic carbocycles. The van der Waals surface area contributed by atoms with E-state index in [2.05, 4.69) is 15.0 Å². The van der Waals surface area contributed by atoms with Crippen LogP contribution >= 0.6 is 0 Å². The van der Waals surface area contributed by atoms with Crippen molar-refractivity contribution in [1.82, 2.24) is 0 Å². The van der Waals surface area contributed by atoms with E-state index in [0.29, 0.717) is 5.56 Å². The summed E-state index contributed by atoms with van der Waals surface area (Å²) in [7, 11) is 2.14. The average molecular weight is 261 g/mol. The molecule has 1 heterocycles. The van der Waals surface area contributed by atoms with Crippen LogP contribution in [0.4, 0.5) is 5.69 Å². The molecule has 0 unspecified atom stereocenters. The first-order valence-corrected chi connectivity index (χ1v) is 6.19. The van der Waals surface area contributed by atoms with Gasteiger partial charge >= 0.3 is 24.6 Å². The monoisotopic (exact) mass is 261 g/mol. The van der Waals surface area contributed by atoms with Crippen LogP contribution in [-0.2, 0) is 9.44 Å². The SMILES string of the molecule is CB=O.COC(=O)c1ccc(N2CC[N-]CC2)cc1. The maximum atomic E-state index is 11.3. The summed E-state index contributed by atoms with van der Waals surface area (Å²) in [5.41, 5.74) is 1.73. The smallest absolute Gasteiger partial charge is 0.337 e. The fourth-order valence-corrected chi connectivity index (χ4v) is 1.79. The summed E-state index contributed by atoms with van der Waals surface area (Å²) in [6.07, 6.45) is 0. The van der Waals surface area contributed by atoms with Gasteiger partial charge in [-0.3, -0.25) is 0 Å².